The molecule has 2 aromatic rings. The first-order chi connectivity index (χ1) is 13.1. The third-order valence-corrected chi connectivity index (χ3v) is 5.23. The van der Waals surface area contributed by atoms with Crippen molar-refractivity contribution < 1.29 is 29.3 Å². The maximum Gasteiger partial charge on any atom is 0.308 e. The summed E-state index contributed by atoms with van der Waals surface area (Å²) in [6, 6.07) is 6.41. The number of aromatic hydroxyl groups is 2. The number of phenols is 2. The summed E-state index contributed by atoms with van der Waals surface area (Å²) < 4.78 is 11.1. The van der Waals surface area contributed by atoms with Gasteiger partial charge in [-0.2, -0.15) is 0 Å². The largest absolute Gasteiger partial charge is 0.507 e. The van der Waals surface area contributed by atoms with Crippen molar-refractivity contribution in [1.29, 1.82) is 0 Å². The van der Waals surface area contributed by atoms with Crippen molar-refractivity contribution in [3.8, 4) is 23.0 Å². The Hall–Kier alpha value is -2.08. The van der Waals surface area contributed by atoms with Gasteiger partial charge in [-0.05, 0) is 80.6 Å². The van der Waals surface area contributed by atoms with Gasteiger partial charge in [-0.3, -0.25) is 9.59 Å². The first-order valence-electron chi connectivity index (χ1n) is 7.75. The zero-order valence-electron chi connectivity index (χ0n) is 15.2. The minimum absolute atomic E-state index is 0.0838. The fourth-order valence-corrected chi connectivity index (χ4v) is 2.74. The van der Waals surface area contributed by atoms with Crippen LogP contribution in [0.15, 0.2) is 37.4 Å². The maximum absolute atomic E-state index is 10.9. The molecule has 0 aliphatic rings. The van der Waals surface area contributed by atoms with E-state index in [1.54, 1.807) is 36.4 Å². The highest BCUT2D eigenvalue weighted by atomic mass is 127. The molecule has 0 aromatic heterocycles. The Bertz CT molecular complexity index is 861. The SMILES string of the molecule is C=Cc1cc(O)c(I)c(O)c1.C=Cc1cc(OC(C)=O)c(I)c(OC(C)=O)c1. The molecule has 0 unspecified atom stereocenters. The molecular formula is C20H18I2O6. The third-order valence-electron chi connectivity index (χ3n) is 3.06. The second-order valence-corrected chi connectivity index (χ2v) is 7.46. The van der Waals surface area contributed by atoms with Crippen LogP contribution in [0.25, 0.3) is 12.2 Å². The summed E-state index contributed by atoms with van der Waals surface area (Å²) in [5, 5.41) is 18.4. The number of carbonyl (C=O) groups is 2. The number of halogens is 2. The topological polar surface area (TPSA) is 93.1 Å². The number of hydrogen-bond donors (Lipinski definition) is 2. The Morgan fingerprint density at radius 2 is 1.18 bits per heavy atom. The molecule has 0 heterocycles. The highest BCUT2D eigenvalue weighted by molar-refractivity contribution is 14.1. The van der Waals surface area contributed by atoms with Crippen molar-refractivity contribution in [2.45, 2.75) is 13.8 Å². The summed E-state index contributed by atoms with van der Waals surface area (Å²) in [5.41, 5.74) is 1.42. The van der Waals surface area contributed by atoms with Crippen molar-refractivity contribution in [2.24, 2.45) is 0 Å². The lowest BCUT2D eigenvalue weighted by atomic mass is 10.2. The molecule has 0 aliphatic heterocycles. The summed E-state index contributed by atoms with van der Waals surface area (Å²) in [7, 11) is 0. The first-order valence-corrected chi connectivity index (χ1v) is 9.91. The van der Waals surface area contributed by atoms with Crippen molar-refractivity contribution in [3.05, 3.63) is 55.7 Å². The quantitative estimate of drug-likeness (QED) is 0.284. The van der Waals surface area contributed by atoms with Gasteiger partial charge in [0.25, 0.3) is 0 Å². The van der Waals surface area contributed by atoms with Crippen molar-refractivity contribution in [3.63, 3.8) is 0 Å². The zero-order valence-corrected chi connectivity index (χ0v) is 19.5. The van der Waals surface area contributed by atoms with Gasteiger partial charge in [0.2, 0.25) is 0 Å². The van der Waals surface area contributed by atoms with E-state index in [1.807, 2.05) is 45.2 Å². The lowest BCUT2D eigenvalue weighted by molar-refractivity contribution is -0.132. The molecule has 2 N–H and O–H groups in total. The minimum atomic E-state index is -0.432. The summed E-state index contributed by atoms with van der Waals surface area (Å²) in [6.07, 6.45) is 3.14. The van der Waals surface area contributed by atoms with Gasteiger partial charge in [0.15, 0.2) is 0 Å². The molecule has 28 heavy (non-hydrogen) atoms. The number of rotatable bonds is 4. The van der Waals surface area contributed by atoms with Crippen LogP contribution in [0.3, 0.4) is 0 Å². The molecule has 0 spiro atoms. The minimum Gasteiger partial charge on any atom is -0.507 e. The van der Waals surface area contributed by atoms with E-state index < -0.39 is 11.9 Å². The van der Waals surface area contributed by atoms with E-state index >= 15 is 0 Å². The van der Waals surface area contributed by atoms with Crippen LogP contribution in [0.1, 0.15) is 25.0 Å². The highest BCUT2D eigenvalue weighted by Gasteiger charge is 2.13. The predicted octanol–water partition coefficient (Wildman–Crippen LogP) is 5.13. The smallest absolute Gasteiger partial charge is 0.308 e. The molecule has 0 atom stereocenters. The number of esters is 2. The molecular weight excluding hydrogens is 590 g/mol. The zero-order chi connectivity index (χ0) is 21.4. The molecule has 0 amide bonds. The summed E-state index contributed by atoms with van der Waals surface area (Å²) in [5.74, 6) is 0.00954. The number of phenolic OH excluding ortho intramolecular Hbond substituents is 2. The highest BCUT2D eigenvalue weighted by Crippen LogP contribution is 2.33. The number of ether oxygens (including phenoxy) is 2. The molecule has 8 heteroatoms. The monoisotopic (exact) mass is 608 g/mol. The Morgan fingerprint density at radius 1 is 0.821 bits per heavy atom. The second-order valence-electron chi connectivity index (χ2n) is 5.30. The summed E-state index contributed by atoms with van der Waals surface area (Å²) in [4.78, 5) is 21.9. The van der Waals surface area contributed by atoms with Gasteiger partial charge in [0.1, 0.15) is 23.0 Å². The first kappa shape index (κ1) is 24.0. The van der Waals surface area contributed by atoms with Gasteiger partial charge in [0, 0.05) is 13.8 Å². The molecule has 0 saturated carbocycles. The van der Waals surface area contributed by atoms with E-state index in [4.69, 9.17) is 9.47 Å². The second kappa shape index (κ2) is 11.1. The Morgan fingerprint density at radius 3 is 1.50 bits per heavy atom. The van der Waals surface area contributed by atoms with Crippen molar-refractivity contribution in [1.82, 2.24) is 0 Å². The van der Waals surface area contributed by atoms with Gasteiger partial charge in [-0.25, -0.2) is 0 Å². The van der Waals surface area contributed by atoms with Crippen molar-refractivity contribution in [2.75, 3.05) is 0 Å². The molecule has 0 aliphatic carbocycles. The average molecular weight is 608 g/mol. The Labute approximate surface area is 190 Å². The summed E-state index contributed by atoms with van der Waals surface area (Å²) in [6.45, 7) is 9.75. The van der Waals surface area contributed by atoms with Crippen LogP contribution in [0.2, 0.25) is 0 Å². The lowest BCUT2D eigenvalue weighted by Crippen LogP contribution is -2.07. The van der Waals surface area contributed by atoms with Crippen LogP contribution < -0.4 is 9.47 Å². The normalized spacial score (nSPS) is 9.57. The van der Waals surface area contributed by atoms with E-state index in [0.717, 1.165) is 0 Å². The van der Waals surface area contributed by atoms with Crippen LogP contribution in [0.4, 0.5) is 0 Å². The predicted molar refractivity (Wildman–Crippen MR) is 124 cm³/mol. The molecule has 148 valence electrons. The Kier molecular flexibility index (Phi) is 9.46. The van der Waals surface area contributed by atoms with Crippen LogP contribution in [0, 0.1) is 7.14 Å². The third kappa shape index (κ3) is 7.15. The van der Waals surface area contributed by atoms with Gasteiger partial charge in [-0.15, -0.1) is 0 Å². The molecule has 0 fully saturated rings. The van der Waals surface area contributed by atoms with Gasteiger partial charge < -0.3 is 19.7 Å². The van der Waals surface area contributed by atoms with E-state index in [9.17, 15) is 19.8 Å². The number of carbonyl (C=O) groups excluding carboxylic acids is 2. The molecule has 0 radical (unpaired) electrons. The number of benzene rings is 2. The van der Waals surface area contributed by atoms with Crippen LogP contribution >= 0.6 is 45.2 Å². The fraction of sp³-hybridized carbons (Fsp3) is 0.100. The van der Waals surface area contributed by atoms with E-state index in [1.165, 1.54) is 13.8 Å². The molecule has 0 bridgehead atoms. The fourth-order valence-electron chi connectivity index (χ4n) is 1.90. The van der Waals surface area contributed by atoms with Gasteiger partial charge >= 0.3 is 11.9 Å². The van der Waals surface area contributed by atoms with Gasteiger partial charge in [0.05, 0.1) is 7.14 Å². The van der Waals surface area contributed by atoms with Gasteiger partial charge in [-0.1, -0.05) is 25.3 Å². The standard InChI is InChI=1S/C12H11IO4.C8H7IO2/c1-4-9-5-10(16-7(2)14)12(13)11(6-9)17-8(3)15;1-2-5-3-6(10)8(9)7(11)4-5/h4-6H,1H2,2-3H3;2-4,10-11H,1H2. The van der Waals surface area contributed by atoms with E-state index in [0.29, 0.717) is 29.8 Å². The van der Waals surface area contributed by atoms with Crippen LogP contribution in [-0.2, 0) is 9.59 Å². The summed E-state index contributed by atoms with van der Waals surface area (Å²) >= 11 is 3.82. The molecule has 2 aromatic carbocycles. The number of hydrogen-bond acceptors (Lipinski definition) is 6. The van der Waals surface area contributed by atoms with E-state index in [2.05, 4.69) is 13.2 Å². The van der Waals surface area contributed by atoms with Crippen LogP contribution in [-0.4, -0.2) is 22.2 Å². The molecule has 2 rings (SSSR count). The maximum atomic E-state index is 10.9. The average Bonchev–Trinajstić information content (AvgIpc) is 2.62. The van der Waals surface area contributed by atoms with E-state index in [-0.39, 0.29) is 11.5 Å². The van der Waals surface area contributed by atoms with Crippen LogP contribution in [0.5, 0.6) is 23.0 Å². The lowest BCUT2D eigenvalue weighted by Gasteiger charge is -2.10. The molecule has 0 saturated heterocycles. The van der Waals surface area contributed by atoms with Crippen molar-refractivity contribution >= 4 is 69.3 Å². The Balaban J connectivity index is 0.000000307. The molecule has 6 nitrogen and oxygen atoms in total.